The lowest BCUT2D eigenvalue weighted by molar-refractivity contribution is -0.146. The summed E-state index contributed by atoms with van der Waals surface area (Å²) in [4.78, 5) is 25.5. The maximum Gasteiger partial charge on any atom is 0.317 e. The predicted molar refractivity (Wildman–Crippen MR) is 95.0 cm³/mol. The minimum absolute atomic E-state index is 0.189. The van der Waals surface area contributed by atoms with Gasteiger partial charge in [0, 0.05) is 11.5 Å². The van der Waals surface area contributed by atoms with Gasteiger partial charge in [0.25, 0.3) is 0 Å². The summed E-state index contributed by atoms with van der Waals surface area (Å²) in [6, 6.07) is 17.5. The minimum atomic E-state index is -1.02. The van der Waals surface area contributed by atoms with Gasteiger partial charge in [-0.1, -0.05) is 48.5 Å². The molecule has 0 aliphatic rings. The van der Waals surface area contributed by atoms with E-state index in [2.05, 4.69) is 6.58 Å². The molecule has 25 heavy (non-hydrogen) atoms. The lowest BCUT2D eigenvalue weighted by Crippen LogP contribution is -2.31. The van der Waals surface area contributed by atoms with Crippen LogP contribution in [0.2, 0.25) is 0 Å². The van der Waals surface area contributed by atoms with Crippen molar-refractivity contribution < 1.29 is 14.3 Å². The van der Waals surface area contributed by atoms with Crippen molar-refractivity contribution in [3.8, 4) is 6.07 Å². The molecule has 0 aliphatic carbocycles. The zero-order valence-electron chi connectivity index (χ0n) is 14.0. The second kappa shape index (κ2) is 8.60. The first kappa shape index (κ1) is 18.2. The number of allylic oxidation sites excluding steroid dienone is 1. The molecule has 0 radical (unpaired) electrons. The number of ketones is 1. The van der Waals surface area contributed by atoms with Crippen LogP contribution < -0.4 is 0 Å². The number of rotatable bonds is 7. The Morgan fingerprint density at radius 3 is 2.32 bits per heavy atom. The lowest BCUT2D eigenvalue weighted by Gasteiger charge is -2.22. The Kier molecular flexibility index (Phi) is 6.25. The number of carbonyl (C=O) groups is 2. The predicted octanol–water partition coefficient (Wildman–Crippen LogP) is 3.89. The molecule has 2 rings (SSSR count). The smallest absolute Gasteiger partial charge is 0.317 e. The standard InChI is InChI=1S/C21H19NO3/c1-3-18(16-8-6-5-7-9-16)19(21(24)25-4-2)20(23)17-12-10-15(14-22)11-13-17/h3,5-13,18-19H,1,4H2,2H3/t18-,19+/m0/s1. The second-order valence-corrected chi connectivity index (χ2v) is 5.46. The van der Waals surface area contributed by atoms with Crippen LogP contribution in [0.4, 0.5) is 0 Å². The quantitative estimate of drug-likeness (QED) is 0.334. The van der Waals surface area contributed by atoms with Crippen molar-refractivity contribution >= 4 is 11.8 Å². The van der Waals surface area contributed by atoms with Crippen LogP contribution in [0.25, 0.3) is 0 Å². The molecule has 0 N–H and O–H groups in total. The molecule has 0 saturated carbocycles. The van der Waals surface area contributed by atoms with Crippen LogP contribution >= 0.6 is 0 Å². The molecule has 2 aromatic rings. The van der Waals surface area contributed by atoms with Crippen LogP contribution in [-0.4, -0.2) is 18.4 Å². The van der Waals surface area contributed by atoms with Crippen molar-refractivity contribution in [2.24, 2.45) is 5.92 Å². The SMILES string of the molecule is C=C[C@@H](c1ccccc1)[C@@H](C(=O)OCC)C(=O)c1ccc(C#N)cc1. The van der Waals surface area contributed by atoms with E-state index in [1.54, 1.807) is 37.3 Å². The van der Waals surface area contributed by atoms with Crippen molar-refractivity contribution in [3.05, 3.63) is 83.9 Å². The second-order valence-electron chi connectivity index (χ2n) is 5.46. The van der Waals surface area contributed by atoms with Crippen molar-refractivity contribution in [1.29, 1.82) is 5.26 Å². The highest BCUT2D eigenvalue weighted by Crippen LogP contribution is 2.30. The summed E-state index contributed by atoms with van der Waals surface area (Å²) in [7, 11) is 0. The Labute approximate surface area is 147 Å². The van der Waals surface area contributed by atoms with E-state index in [0.717, 1.165) is 5.56 Å². The summed E-state index contributed by atoms with van der Waals surface area (Å²) in [5, 5.41) is 8.89. The lowest BCUT2D eigenvalue weighted by atomic mass is 9.81. The fourth-order valence-electron chi connectivity index (χ4n) is 2.68. The highest BCUT2D eigenvalue weighted by molar-refractivity contribution is 6.09. The first-order chi connectivity index (χ1) is 12.1. The van der Waals surface area contributed by atoms with Gasteiger partial charge in [0.05, 0.1) is 18.2 Å². The van der Waals surface area contributed by atoms with Crippen molar-refractivity contribution in [3.63, 3.8) is 0 Å². The van der Waals surface area contributed by atoms with Crippen LogP contribution in [0.3, 0.4) is 0 Å². The third-order valence-corrected chi connectivity index (χ3v) is 3.92. The third-order valence-electron chi connectivity index (χ3n) is 3.92. The molecule has 0 amide bonds. The van der Waals surface area contributed by atoms with Gasteiger partial charge in [0.15, 0.2) is 5.78 Å². The maximum atomic E-state index is 13.0. The van der Waals surface area contributed by atoms with Gasteiger partial charge in [-0.3, -0.25) is 9.59 Å². The van der Waals surface area contributed by atoms with Crippen LogP contribution in [0.1, 0.15) is 34.3 Å². The number of nitrogens with zero attached hydrogens (tertiary/aromatic N) is 1. The van der Waals surface area contributed by atoms with E-state index in [1.807, 2.05) is 36.4 Å². The van der Waals surface area contributed by atoms with Gasteiger partial charge in [-0.05, 0) is 24.6 Å². The average Bonchev–Trinajstić information content (AvgIpc) is 2.66. The fraction of sp³-hybridized carbons (Fsp3) is 0.190. The van der Waals surface area contributed by atoms with E-state index in [-0.39, 0.29) is 12.4 Å². The highest BCUT2D eigenvalue weighted by Gasteiger charge is 2.36. The van der Waals surface area contributed by atoms with E-state index >= 15 is 0 Å². The molecule has 2 atom stereocenters. The van der Waals surface area contributed by atoms with Gasteiger partial charge in [0.2, 0.25) is 0 Å². The summed E-state index contributed by atoms with van der Waals surface area (Å²) in [6.07, 6.45) is 1.60. The molecule has 0 spiro atoms. The molecular weight excluding hydrogens is 314 g/mol. The Morgan fingerprint density at radius 1 is 1.16 bits per heavy atom. The molecule has 4 heteroatoms. The van der Waals surface area contributed by atoms with Gasteiger partial charge in [0.1, 0.15) is 5.92 Å². The third kappa shape index (κ3) is 4.21. The van der Waals surface area contributed by atoms with Crippen LogP contribution in [-0.2, 0) is 9.53 Å². The molecule has 126 valence electrons. The Hall–Kier alpha value is -3.19. The first-order valence-corrected chi connectivity index (χ1v) is 8.00. The number of carbonyl (C=O) groups excluding carboxylic acids is 2. The number of esters is 1. The summed E-state index contributed by atoms with van der Waals surface area (Å²) < 4.78 is 5.14. The molecule has 0 bridgehead atoms. The van der Waals surface area contributed by atoms with Crippen molar-refractivity contribution in [1.82, 2.24) is 0 Å². The number of Topliss-reactive ketones (excluding diaryl/α,β-unsaturated/α-hetero) is 1. The normalized spacial score (nSPS) is 12.5. The van der Waals surface area contributed by atoms with E-state index < -0.39 is 17.8 Å². The Morgan fingerprint density at radius 2 is 1.80 bits per heavy atom. The molecule has 0 heterocycles. The summed E-state index contributed by atoms with van der Waals surface area (Å²) in [5.74, 6) is -2.45. The highest BCUT2D eigenvalue weighted by atomic mass is 16.5. The van der Waals surface area contributed by atoms with Crippen LogP contribution in [0.15, 0.2) is 67.3 Å². The van der Waals surface area contributed by atoms with E-state index in [9.17, 15) is 9.59 Å². The Bertz CT molecular complexity index is 788. The molecule has 0 unspecified atom stereocenters. The summed E-state index contributed by atoms with van der Waals surface area (Å²) >= 11 is 0. The van der Waals surface area contributed by atoms with Gasteiger partial charge in [-0.15, -0.1) is 6.58 Å². The van der Waals surface area contributed by atoms with Crippen LogP contribution in [0.5, 0.6) is 0 Å². The number of ether oxygens (including phenoxy) is 1. The zero-order chi connectivity index (χ0) is 18.2. The van der Waals surface area contributed by atoms with E-state index in [0.29, 0.717) is 11.1 Å². The molecule has 0 fully saturated rings. The fourth-order valence-corrected chi connectivity index (χ4v) is 2.68. The molecule has 2 aromatic carbocycles. The number of hydrogen-bond donors (Lipinski definition) is 0. The molecular formula is C21H19NO3. The molecule has 4 nitrogen and oxygen atoms in total. The van der Waals surface area contributed by atoms with Gasteiger partial charge < -0.3 is 4.74 Å². The van der Waals surface area contributed by atoms with Gasteiger partial charge in [-0.2, -0.15) is 5.26 Å². The zero-order valence-corrected chi connectivity index (χ0v) is 14.0. The van der Waals surface area contributed by atoms with Gasteiger partial charge in [-0.25, -0.2) is 0 Å². The topological polar surface area (TPSA) is 67.2 Å². The molecule has 0 aromatic heterocycles. The molecule has 0 saturated heterocycles. The maximum absolute atomic E-state index is 13.0. The summed E-state index contributed by atoms with van der Waals surface area (Å²) in [6.45, 7) is 5.69. The number of benzene rings is 2. The first-order valence-electron chi connectivity index (χ1n) is 8.00. The number of hydrogen-bond acceptors (Lipinski definition) is 4. The molecule has 0 aliphatic heterocycles. The monoisotopic (exact) mass is 333 g/mol. The summed E-state index contributed by atoms with van der Waals surface area (Å²) in [5.41, 5.74) is 1.63. The largest absolute Gasteiger partial charge is 0.465 e. The number of nitriles is 1. The van der Waals surface area contributed by atoms with Crippen molar-refractivity contribution in [2.75, 3.05) is 6.61 Å². The minimum Gasteiger partial charge on any atom is -0.465 e. The average molecular weight is 333 g/mol. The van der Waals surface area contributed by atoms with E-state index in [1.165, 1.54) is 0 Å². The van der Waals surface area contributed by atoms with E-state index in [4.69, 9.17) is 10.00 Å². The Balaban J connectivity index is 2.43. The van der Waals surface area contributed by atoms with Crippen molar-refractivity contribution in [2.45, 2.75) is 12.8 Å². The van der Waals surface area contributed by atoms with Gasteiger partial charge >= 0.3 is 5.97 Å². The van der Waals surface area contributed by atoms with Crippen LogP contribution in [0, 0.1) is 17.2 Å².